The van der Waals surface area contributed by atoms with Crippen molar-refractivity contribution in [3.8, 4) is 11.5 Å². The number of methoxy groups -OCH3 is 1. The molecular weight excluding hydrogens is 910 g/mol. The fraction of sp³-hybridized carbons (Fsp3) is 0.333. The van der Waals surface area contributed by atoms with Crippen molar-refractivity contribution in [2.45, 2.75) is 57.1 Å². The Morgan fingerprint density at radius 2 is 1.41 bits per heavy atom. The van der Waals surface area contributed by atoms with Crippen LogP contribution in [0.25, 0.3) is 0 Å². The van der Waals surface area contributed by atoms with E-state index in [1.807, 2.05) is 83.3 Å². The second kappa shape index (κ2) is 15.7. The van der Waals surface area contributed by atoms with Gasteiger partial charge in [0.05, 0.1) is 52.0 Å². The number of carbonyl (C=O) groups excluding carboxylic acids is 2. The molecule has 59 heavy (non-hydrogen) atoms. The molecule has 2 amide bonds. The Kier molecular flexibility index (Phi) is 11.4. The van der Waals surface area contributed by atoms with Crippen LogP contribution >= 0.6 is 22.6 Å². The van der Waals surface area contributed by atoms with Gasteiger partial charge in [0.2, 0.25) is 11.8 Å². The number of carbonyl (C=O) groups is 2. The molecule has 2 saturated heterocycles. The number of hydrogen-bond acceptors (Lipinski definition) is 7. The molecule has 2 aliphatic heterocycles. The van der Waals surface area contributed by atoms with Gasteiger partial charge in [-0.15, -0.1) is 0 Å². The quantitative estimate of drug-likeness (QED) is 0.0795. The molecule has 4 aromatic rings. The summed E-state index contributed by atoms with van der Waals surface area (Å²) in [5, 5.41) is 23.8. The molecule has 2 N–H and O–H groups in total. The molecule has 0 unspecified atom stereocenters. The lowest BCUT2D eigenvalue weighted by molar-refractivity contribution is -0.143. The van der Waals surface area contributed by atoms with Gasteiger partial charge in [-0.05, 0) is 104 Å². The van der Waals surface area contributed by atoms with E-state index in [9.17, 15) is 46.1 Å². The largest absolute Gasteiger partial charge is 0.504 e. The summed E-state index contributed by atoms with van der Waals surface area (Å²) >= 11 is 1.90. The van der Waals surface area contributed by atoms with E-state index in [0.717, 1.165) is 10.4 Å². The topological polar surface area (TPSA) is 106 Å². The fourth-order valence-corrected chi connectivity index (χ4v) is 14.1. The lowest BCUT2D eigenvalue weighted by Gasteiger charge is -2.45. The number of halogens is 7. The van der Waals surface area contributed by atoms with Crippen molar-refractivity contribution < 1.29 is 59.9 Å². The van der Waals surface area contributed by atoms with Gasteiger partial charge in [0.1, 0.15) is 0 Å². The highest BCUT2D eigenvalue weighted by molar-refractivity contribution is 14.1. The zero-order valence-corrected chi connectivity index (χ0v) is 35.4. The van der Waals surface area contributed by atoms with Crippen LogP contribution in [0.2, 0.25) is 5.04 Å². The number of fused-ring (bicyclic) bond motifs is 3. The fourth-order valence-electron chi connectivity index (χ4n) is 8.97. The van der Waals surface area contributed by atoms with E-state index in [1.165, 1.54) is 13.2 Å². The minimum atomic E-state index is -5.23. The average molecular weight is 950 g/mol. The minimum absolute atomic E-state index is 0.0243. The summed E-state index contributed by atoms with van der Waals surface area (Å²) < 4.78 is 103. The van der Waals surface area contributed by atoms with Crippen molar-refractivity contribution >= 4 is 65.9 Å². The number of anilines is 1. The molecule has 1 aliphatic carbocycles. The maximum absolute atomic E-state index is 14.5. The first-order valence-corrected chi connectivity index (χ1v) is 21.7. The van der Waals surface area contributed by atoms with E-state index in [-0.39, 0.29) is 42.5 Å². The Labute approximate surface area is 351 Å². The number of phenolic OH excluding ortho intramolecular Hbond substituents is 1. The van der Waals surface area contributed by atoms with Gasteiger partial charge < -0.3 is 23.9 Å². The number of aromatic hydroxyl groups is 1. The highest BCUT2D eigenvalue weighted by Crippen LogP contribution is 2.53. The van der Waals surface area contributed by atoms with E-state index >= 15 is 0 Å². The maximum atomic E-state index is 14.5. The van der Waals surface area contributed by atoms with E-state index in [1.54, 1.807) is 6.07 Å². The number of rotatable bonds is 8. The predicted octanol–water partition coefficient (Wildman–Crippen LogP) is 8.22. The molecule has 0 aromatic heterocycles. The van der Waals surface area contributed by atoms with Crippen molar-refractivity contribution in [2.75, 3.05) is 18.6 Å². The van der Waals surface area contributed by atoms with E-state index < -0.39 is 85.3 Å². The molecule has 3 aliphatic rings. The van der Waals surface area contributed by atoms with Crippen LogP contribution in [-0.4, -0.2) is 51.1 Å². The lowest BCUT2D eigenvalue weighted by Crippen LogP contribution is -2.66. The van der Waals surface area contributed by atoms with Crippen LogP contribution in [-0.2, 0) is 31.0 Å². The summed E-state index contributed by atoms with van der Waals surface area (Å²) in [7, 11) is -3.55. The van der Waals surface area contributed by atoms with Crippen LogP contribution < -0.4 is 20.0 Å². The third-order valence-corrected chi connectivity index (χ3v) is 17.4. The summed E-state index contributed by atoms with van der Waals surface area (Å²) in [4.78, 5) is 29.4. The third kappa shape index (κ3) is 7.72. The molecule has 310 valence electrons. The molecular formula is C42H39BF6INO7Si. The van der Waals surface area contributed by atoms with Crippen LogP contribution in [0.15, 0.2) is 102 Å². The monoisotopic (exact) mass is 949 g/mol. The zero-order chi connectivity index (χ0) is 42.8. The number of ether oxygens (including phenoxy) is 1. The van der Waals surface area contributed by atoms with Crippen molar-refractivity contribution in [1.82, 2.24) is 0 Å². The van der Waals surface area contributed by atoms with E-state index in [2.05, 4.69) is 20.8 Å². The summed E-state index contributed by atoms with van der Waals surface area (Å²) in [6.07, 6.45) is -11.6. The molecule has 0 bridgehead atoms. The first kappa shape index (κ1) is 42.9. The van der Waals surface area contributed by atoms with E-state index in [4.69, 9.17) is 13.8 Å². The Balaban J connectivity index is 1.36. The molecule has 0 radical (unpaired) electrons. The summed E-state index contributed by atoms with van der Waals surface area (Å²) in [6, 6.07) is 23.1. The average Bonchev–Trinajstić information content (AvgIpc) is 3.43. The van der Waals surface area contributed by atoms with Crippen molar-refractivity contribution in [3.63, 3.8) is 0 Å². The van der Waals surface area contributed by atoms with Crippen molar-refractivity contribution in [1.29, 1.82) is 0 Å². The Hall–Kier alpha value is -4.17. The van der Waals surface area contributed by atoms with Crippen LogP contribution in [0.5, 0.6) is 11.5 Å². The molecule has 4 atom stereocenters. The van der Waals surface area contributed by atoms with Gasteiger partial charge in [-0.2, -0.15) is 26.3 Å². The van der Waals surface area contributed by atoms with Crippen LogP contribution in [0.4, 0.5) is 32.0 Å². The minimum Gasteiger partial charge on any atom is -0.504 e. The first-order valence-electron chi connectivity index (χ1n) is 18.7. The second-order valence-corrected chi connectivity index (χ2v) is 21.5. The Bertz CT molecular complexity index is 2230. The van der Waals surface area contributed by atoms with Gasteiger partial charge in [-0.25, -0.2) is 4.90 Å². The standard InChI is InChI=1S/C42H39BF6INO7Si/c1-40(2,3)59(28-11-7-5-8-12-28,29-13-9-6-10-14-29)57-22-24-15-31-35(30-21-33(58-43(55)36(24)30)23-16-32(50)37(52)34(17-23)56-4)39(54)51(38(31)53)27-19-25(41(44,45)46)18-26(20-27)42(47,48)49/h5-14,16-20,30-31,33,35,52,55H,15,21-22H2,1-4H3/t30-,31-,33-,35+/m0/s1. The van der Waals surface area contributed by atoms with Crippen LogP contribution in [0, 0.1) is 21.3 Å². The summed E-state index contributed by atoms with van der Waals surface area (Å²) in [5.74, 6) is -5.46. The zero-order valence-electron chi connectivity index (χ0n) is 32.2. The SMILES string of the molecule is COc1cc([C@@H]2C[C@@H]3C(=C(CO[Si](c4ccccc4)(c4ccccc4)C(C)(C)C)C[C@@H]4C(=O)N(c5cc(C(F)(F)F)cc(C(F)(F)F)c5)C(=O)[C@@H]43)B(O)O2)cc(I)c1O. The number of alkyl halides is 6. The number of nitrogens with zero attached hydrogens (tertiary/aromatic N) is 1. The number of imide groups is 1. The number of hydrogen-bond donors (Lipinski definition) is 2. The number of benzene rings is 4. The number of amides is 2. The van der Waals surface area contributed by atoms with Crippen LogP contribution in [0.1, 0.15) is 56.4 Å². The van der Waals surface area contributed by atoms with Gasteiger partial charge in [0.25, 0.3) is 8.32 Å². The normalized spacial score (nSPS) is 21.5. The van der Waals surface area contributed by atoms with Gasteiger partial charge in [-0.3, -0.25) is 9.59 Å². The predicted molar refractivity (Wildman–Crippen MR) is 218 cm³/mol. The highest BCUT2D eigenvalue weighted by Gasteiger charge is 2.59. The molecule has 7 rings (SSSR count). The van der Waals surface area contributed by atoms with E-state index in [0.29, 0.717) is 31.7 Å². The molecule has 2 fully saturated rings. The lowest BCUT2D eigenvalue weighted by atomic mass is 9.55. The molecule has 4 aromatic carbocycles. The maximum Gasteiger partial charge on any atom is 0.487 e. The smallest absolute Gasteiger partial charge is 0.487 e. The third-order valence-electron chi connectivity index (χ3n) is 11.6. The van der Waals surface area contributed by atoms with Gasteiger partial charge in [0, 0.05) is 0 Å². The molecule has 0 saturated carbocycles. The number of phenols is 1. The highest BCUT2D eigenvalue weighted by atomic mass is 127. The first-order chi connectivity index (χ1) is 27.7. The summed E-state index contributed by atoms with van der Waals surface area (Å²) in [5.41, 5.74) is -3.04. The molecule has 17 heteroatoms. The van der Waals surface area contributed by atoms with Crippen LogP contribution in [0.3, 0.4) is 0 Å². The van der Waals surface area contributed by atoms with Crippen molar-refractivity contribution in [2.24, 2.45) is 17.8 Å². The van der Waals surface area contributed by atoms with Crippen molar-refractivity contribution in [3.05, 3.63) is 122 Å². The Morgan fingerprint density at radius 1 is 0.847 bits per heavy atom. The molecule has 2 heterocycles. The van der Waals surface area contributed by atoms with Gasteiger partial charge in [0.15, 0.2) is 11.5 Å². The molecule has 0 spiro atoms. The summed E-state index contributed by atoms with van der Waals surface area (Å²) in [6.45, 7) is 6.05. The number of allylic oxidation sites excluding steroid dienone is 1. The van der Waals surface area contributed by atoms with Gasteiger partial charge in [-0.1, -0.05) is 81.4 Å². The Morgan fingerprint density at radius 3 is 1.92 bits per heavy atom. The van der Waals surface area contributed by atoms with Gasteiger partial charge >= 0.3 is 19.5 Å². The second-order valence-electron chi connectivity index (χ2n) is 16.0. The molecule has 8 nitrogen and oxygen atoms in total.